The van der Waals surface area contributed by atoms with E-state index in [0.29, 0.717) is 6.42 Å². The molecule has 1 aromatic carbocycles. The van der Waals surface area contributed by atoms with Crippen LogP contribution >= 0.6 is 0 Å². The van der Waals surface area contributed by atoms with Crippen molar-refractivity contribution in [1.82, 2.24) is 10.0 Å². The van der Waals surface area contributed by atoms with Crippen molar-refractivity contribution in [2.45, 2.75) is 30.7 Å². The molecule has 0 bridgehead atoms. The zero-order valence-electron chi connectivity index (χ0n) is 11.6. The van der Waals surface area contributed by atoms with Gasteiger partial charge in [0.25, 0.3) is 0 Å². The van der Waals surface area contributed by atoms with Crippen LogP contribution in [0.5, 0.6) is 0 Å². The van der Waals surface area contributed by atoms with Crippen LogP contribution in [0.2, 0.25) is 0 Å². The number of benzene rings is 1. The SMILES string of the molecule is CNC(=O)C(C)NS(=O)(=O)c1cccc2c1CCCN2. The van der Waals surface area contributed by atoms with Crippen molar-refractivity contribution < 1.29 is 13.2 Å². The van der Waals surface area contributed by atoms with Crippen LogP contribution in [-0.4, -0.2) is 34.0 Å². The molecule has 6 nitrogen and oxygen atoms in total. The van der Waals surface area contributed by atoms with E-state index in [9.17, 15) is 13.2 Å². The van der Waals surface area contributed by atoms with Crippen LogP contribution in [0.25, 0.3) is 0 Å². The molecule has 0 fully saturated rings. The van der Waals surface area contributed by atoms with Gasteiger partial charge < -0.3 is 10.6 Å². The molecule has 2 rings (SSSR count). The lowest BCUT2D eigenvalue weighted by Crippen LogP contribution is -2.43. The molecule has 1 aliphatic rings. The largest absolute Gasteiger partial charge is 0.385 e. The fraction of sp³-hybridized carbons (Fsp3) is 0.462. The summed E-state index contributed by atoms with van der Waals surface area (Å²) in [5, 5.41) is 5.61. The third-order valence-corrected chi connectivity index (χ3v) is 4.94. The first kappa shape index (κ1) is 14.8. The predicted molar refractivity (Wildman–Crippen MR) is 77.1 cm³/mol. The van der Waals surface area contributed by atoms with E-state index in [1.54, 1.807) is 12.1 Å². The first-order valence-electron chi connectivity index (χ1n) is 6.55. The second-order valence-corrected chi connectivity index (χ2v) is 6.45. The van der Waals surface area contributed by atoms with Gasteiger partial charge in [-0.3, -0.25) is 4.79 Å². The Morgan fingerprint density at radius 1 is 1.40 bits per heavy atom. The molecular weight excluding hydrogens is 278 g/mol. The summed E-state index contributed by atoms with van der Waals surface area (Å²) < 4.78 is 27.2. The highest BCUT2D eigenvalue weighted by Crippen LogP contribution is 2.28. The maximum absolute atomic E-state index is 12.4. The van der Waals surface area contributed by atoms with Gasteiger partial charge >= 0.3 is 0 Å². The second kappa shape index (κ2) is 5.80. The molecule has 1 unspecified atom stereocenters. The summed E-state index contributed by atoms with van der Waals surface area (Å²) in [6, 6.07) is 4.34. The first-order chi connectivity index (χ1) is 9.45. The maximum Gasteiger partial charge on any atom is 0.241 e. The molecule has 0 saturated carbocycles. The molecule has 0 saturated heterocycles. The van der Waals surface area contributed by atoms with Crippen LogP contribution in [0.4, 0.5) is 5.69 Å². The van der Waals surface area contributed by atoms with Crippen LogP contribution < -0.4 is 15.4 Å². The summed E-state index contributed by atoms with van der Waals surface area (Å²) in [5.74, 6) is -0.364. The van der Waals surface area contributed by atoms with E-state index in [-0.39, 0.29) is 10.8 Å². The van der Waals surface area contributed by atoms with Crippen LogP contribution in [0.3, 0.4) is 0 Å². The van der Waals surface area contributed by atoms with Crippen molar-refractivity contribution in [2.75, 3.05) is 18.9 Å². The van der Waals surface area contributed by atoms with E-state index in [4.69, 9.17) is 0 Å². The first-order valence-corrected chi connectivity index (χ1v) is 8.03. The number of rotatable bonds is 4. The van der Waals surface area contributed by atoms with E-state index < -0.39 is 16.1 Å². The summed E-state index contributed by atoms with van der Waals surface area (Å²) in [7, 11) is -2.23. The van der Waals surface area contributed by atoms with Crippen molar-refractivity contribution in [3.63, 3.8) is 0 Å². The minimum atomic E-state index is -3.71. The molecule has 1 atom stereocenters. The third-order valence-electron chi connectivity index (χ3n) is 3.31. The van der Waals surface area contributed by atoms with Crippen molar-refractivity contribution in [3.05, 3.63) is 23.8 Å². The van der Waals surface area contributed by atoms with E-state index in [1.807, 2.05) is 6.07 Å². The normalized spacial score (nSPS) is 15.9. The van der Waals surface area contributed by atoms with Crippen molar-refractivity contribution >= 4 is 21.6 Å². The molecule has 1 amide bonds. The minimum absolute atomic E-state index is 0.248. The Bertz CT molecular complexity index is 613. The monoisotopic (exact) mass is 297 g/mol. The van der Waals surface area contributed by atoms with Gasteiger partial charge in [0.2, 0.25) is 15.9 Å². The van der Waals surface area contributed by atoms with E-state index in [0.717, 1.165) is 24.2 Å². The van der Waals surface area contributed by atoms with Gasteiger partial charge in [0, 0.05) is 19.3 Å². The summed E-state index contributed by atoms with van der Waals surface area (Å²) in [5.41, 5.74) is 1.64. The van der Waals surface area contributed by atoms with E-state index >= 15 is 0 Å². The summed E-state index contributed by atoms with van der Waals surface area (Å²) in [6.07, 6.45) is 1.61. The molecule has 0 radical (unpaired) electrons. The fourth-order valence-electron chi connectivity index (χ4n) is 2.30. The van der Waals surface area contributed by atoms with Gasteiger partial charge in [0.1, 0.15) is 0 Å². The number of anilines is 1. The van der Waals surface area contributed by atoms with Crippen LogP contribution in [0.1, 0.15) is 18.9 Å². The summed E-state index contributed by atoms with van der Waals surface area (Å²) in [4.78, 5) is 11.7. The fourth-order valence-corrected chi connectivity index (χ4v) is 3.79. The molecule has 3 N–H and O–H groups in total. The Morgan fingerprint density at radius 3 is 2.85 bits per heavy atom. The maximum atomic E-state index is 12.4. The number of fused-ring (bicyclic) bond motifs is 1. The van der Waals surface area contributed by atoms with Gasteiger partial charge in [-0.2, -0.15) is 4.72 Å². The molecule has 1 aromatic rings. The Labute approximate surface area is 119 Å². The number of hydrogen-bond acceptors (Lipinski definition) is 4. The lowest BCUT2D eigenvalue weighted by molar-refractivity contribution is -0.121. The summed E-state index contributed by atoms with van der Waals surface area (Å²) >= 11 is 0. The third kappa shape index (κ3) is 2.94. The topological polar surface area (TPSA) is 87.3 Å². The zero-order chi connectivity index (χ0) is 14.8. The van der Waals surface area contributed by atoms with Gasteiger partial charge in [-0.25, -0.2) is 8.42 Å². The number of hydrogen-bond donors (Lipinski definition) is 3. The number of carbonyl (C=O) groups is 1. The second-order valence-electron chi connectivity index (χ2n) is 4.77. The quantitative estimate of drug-likeness (QED) is 0.753. The molecule has 1 heterocycles. The Balaban J connectivity index is 2.33. The molecule has 110 valence electrons. The number of nitrogens with one attached hydrogen (secondary N) is 3. The molecule has 0 spiro atoms. The average molecular weight is 297 g/mol. The predicted octanol–water partition coefficient (Wildman–Crippen LogP) is 0.457. The van der Waals surface area contributed by atoms with Crippen LogP contribution in [0.15, 0.2) is 23.1 Å². The lowest BCUT2D eigenvalue weighted by Gasteiger charge is -2.21. The number of carbonyl (C=O) groups excluding carboxylic acids is 1. The van der Waals surface area contributed by atoms with Crippen LogP contribution in [-0.2, 0) is 21.2 Å². The summed E-state index contributed by atoms with van der Waals surface area (Å²) in [6.45, 7) is 2.36. The molecule has 1 aliphatic heterocycles. The number of likely N-dealkylation sites (N-methyl/N-ethyl adjacent to an activating group) is 1. The van der Waals surface area contributed by atoms with Crippen molar-refractivity contribution in [3.8, 4) is 0 Å². The van der Waals surface area contributed by atoms with Gasteiger partial charge in [-0.05, 0) is 37.5 Å². The smallest absolute Gasteiger partial charge is 0.241 e. The highest BCUT2D eigenvalue weighted by molar-refractivity contribution is 7.89. The number of sulfonamides is 1. The van der Waals surface area contributed by atoms with Gasteiger partial charge in [-0.15, -0.1) is 0 Å². The Hall–Kier alpha value is -1.60. The lowest BCUT2D eigenvalue weighted by atomic mass is 10.0. The Kier molecular flexibility index (Phi) is 4.29. The standard InChI is InChI=1S/C13H19N3O3S/c1-9(13(17)14-2)16-20(18,19)12-7-3-6-11-10(12)5-4-8-15-11/h3,6-7,9,15-16H,4-5,8H2,1-2H3,(H,14,17). The van der Waals surface area contributed by atoms with E-state index in [1.165, 1.54) is 14.0 Å². The highest BCUT2D eigenvalue weighted by Gasteiger charge is 2.25. The zero-order valence-corrected chi connectivity index (χ0v) is 12.4. The van der Waals surface area contributed by atoms with Crippen LogP contribution in [0, 0.1) is 0 Å². The molecule has 7 heteroatoms. The highest BCUT2D eigenvalue weighted by atomic mass is 32.2. The average Bonchev–Trinajstić information content (AvgIpc) is 2.45. The van der Waals surface area contributed by atoms with Crippen molar-refractivity contribution in [2.24, 2.45) is 0 Å². The van der Waals surface area contributed by atoms with Gasteiger partial charge in [0.15, 0.2) is 0 Å². The van der Waals surface area contributed by atoms with Gasteiger partial charge in [-0.1, -0.05) is 6.07 Å². The Morgan fingerprint density at radius 2 is 2.15 bits per heavy atom. The molecule has 20 heavy (non-hydrogen) atoms. The van der Waals surface area contributed by atoms with Crippen molar-refractivity contribution in [1.29, 1.82) is 0 Å². The number of amides is 1. The molecular formula is C13H19N3O3S. The van der Waals surface area contributed by atoms with Gasteiger partial charge in [0.05, 0.1) is 10.9 Å². The molecule has 0 aliphatic carbocycles. The minimum Gasteiger partial charge on any atom is -0.385 e. The molecule has 0 aromatic heterocycles. The van der Waals surface area contributed by atoms with E-state index in [2.05, 4.69) is 15.4 Å².